The second kappa shape index (κ2) is 3.49. The smallest absolute Gasteiger partial charge is 0.119 e. The van der Waals surface area contributed by atoms with Crippen molar-refractivity contribution in [3.63, 3.8) is 0 Å². The molecule has 0 unspecified atom stereocenters. The number of benzene rings is 2. The Balaban J connectivity index is 2.47. The number of nitrogens with zero attached hydrogens (tertiary/aromatic N) is 1. The number of hydrogen-bond donors (Lipinski definition) is 0. The minimum atomic E-state index is 0.879. The SMILES string of the molecule is COc1ccc2ccc3ccncc3c2c1. The second-order valence-electron chi connectivity index (χ2n) is 3.75. The molecule has 2 aromatic carbocycles. The van der Waals surface area contributed by atoms with Crippen molar-refractivity contribution in [2.24, 2.45) is 0 Å². The molecule has 0 aliphatic rings. The molecule has 16 heavy (non-hydrogen) atoms. The molecular formula is C14H11NO. The molecule has 0 aliphatic heterocycles. The maximum Gasteiger partial charge on any atom is 0.119 e. The highest BCUT2D eigenvalue weighted by molar-refractivity contribution is 6.07. The molecule has 1 aromatic heterocycles. The molecule has 3 aromatic rings. The van der Waals surface area contributed by atoms with Crippen molar-refractivity contribution in [1.29, 1.82) is 0 Å². The van der Waals surface area contributed by atoms with Crippen molar-refractivity contribution >= 4 is 21.5 Å². The fourth-order valence-corrected chi connectivity index (χ4v) is 2.00. The fourth-order valence-electron chi connectivity index (χ4n) is 2.00. The maximum absolute atomic E-state index is 5.25. The Labute approximate surface area is 93.5 Å². The summed E-state index contributed by atoms with van der Waals surface area (Å²) in [6, 6.07) is 12.4. The first kappa shape index (κ1) is 9.16. The summed E-state index contributed by atoms with van der Waals surface area (Å²) in [7, 11) is 1.69. The lowest BCUT2D eigenvalue weighted by Gasteiger charge is -2.05. The summed E-state index contributed by atoms with van der Waals surface area (Å²) in [5, 5.41) is 4.76. The Morgan fingerprint density at radius 2 is 1.69 bits per heavy atom. The molecule has 0 N–H and O–H groups in total. The molecule has 0 bridgehead atoms. The van der Waals surface area contributed by atoms with E-state index < -0.39 is 0 Å². The molecule has 0 amide bonds. The normalized spacial score (nSPS) is 10.8. The molecule has 78 valence electrons. The van der Waals surface area contributed by atoms with Crippen LogP contribution in [0.15, 0.2) is 48.8 Å². The highest BCUT2D eigenvalue weighted by Gasteiger charge is 2.01. The number of aromatic nitrogens is 1. The lowest BCUT2D eigenvalue weighted by Crippen LogP contribution is -1.84. The van der Waals surface area contributed by atoms with Gasteiger partial charge < -0.3 is 4.74 Å². The van der Waals surface area contributed by atoms with Crippen LogP contribution in [0.5, 0.6) is 5.75 Å². The molecule has 0 atom stereocenters. The lowest BCUT2D eigenvalue weighted by molar-refractivity contribution is 0.415. The van der Waals surface area contributed by atoms with Gasteiger partial charge in [-0.2, -0.15) is 0 Å². The maximum atomic E-state index is 5.25. The first-order valence-corrected chi connectivity index (χ1v) is 5.19. The first-order valence-electron chi connectivity index (χ1n) is 5.19. The molecule has 0 spiro atoms. The summed E-state index contributed by atoms with van der Waals surface area (Å²) >= 11 is 0. The van der Waals surface area contributed by atoms with E-state index in [0.717, 1.165) is 5.75 Å². The van der Waals surface area contributed by atoms with E-state index in [-0.39, 0.29) is 0 Å². The predicted octanol–water partition coefficient (Wildman–Crippen LogP) is 3.40. The van der Waals surface area contributed by atoms with E-state index in [1.165, 1.54) is 21.5 Å². The van der Waals surface area contributed by atoms with Crippen LogP contribution in [0.2, 0.25) is 0 Å². The van der Waals surface area contributed by atoms with E-state index in [4.69, 9.17) is 4.74 Å². The summed E-state index contributed by atoms with van der Waals surface area (Å²) in [5.41, 5.74) is 0. The molecule has 0 radical (unpaired) electrons. The molecule has 0 fully saturated rings. The minimum absolute atomic E-state index is 0.879. The van der Waals surface area contributed by atoms with Gasteiger partial charge in [-0.15, -0.1) is 0 Å². The van der Waals surface area contributed by atoms with Gasteiger partial charge in [0.1, 0.15) is 5.75 Å². The van der Waals surface area contributed by atoms with Crippen LogP contribution in [0.25, 0.3) is 21.5 Å². The lowest BCUT2D eigenvalue weighted by atomic mass is 10.0. The third kappa shape index (κ3) is 1.31. The van der Waals surface area contributed by atoms with Gasteiger partial charge in [-0.05, 0) is 34.4 Å². The van der Waals surface area contributed by atoms with Crippen molar-refractivity contribution in [2.45, 2.75) is 0 Å². The molecule has 0 saturated carbocycles. The zero-order valence-corrected chi connectivity index (χ0v) is 8.97. The van der Waals surface area contributed by atoms with E-state index in [1.807, 2.05) is 24.5 Å². The van der Waals surface area contributed by atoms with Gasteiger partial charge >= 0.3 is 0 Å². The summed E-state index contributed by atoms with van der Waals surface area (Å²) in [5.74, 6) is 0.879. The van der Waals surface area contributed by atoms with Crippen LogP contribution < -0.4 is 4.74 Å². The Morgan fingerprint density at radius 1 is 0.938 bits per heavy atom. The fraction of sp³-hybridized carbons (Fsp3) is 0.0714. The van der Waals surface area contributed by atoms with Gasteiger partial charge in [-0.25, -0.2) is 0 Å². The van der Waals surface area contributed by atoms with Crippen LogP contribution in [-0.2, 0) is 0 Å². The zero-order chi connectivity index (χ0) is 11.0. The van der Waals surface area contributed by atoms with Crippen LogP contribution in [0.1, 0.15) is 0 Å². The summed E-state index contributed by atoms with van der Waals surface area (Å²) in [6.07, 6.45) is 3.71. The molecule has 1 heterocycles. The number of ether oxygens (including phenoxy) is 1. The summed E-state index contributed by atoms with van der Waals surface area (Å²) < 4.78 is 5.25. The molecule has 2 nitrogen and oxygen atoms in total. The largest absolute Gasteiger partial charge is 0.497 e. The van der Waals surface area contributed by atoms with Crippen molar-refractivity contribution < 1.29 is 4.74 Å². The van der Waals surface area contributed by atoms with Crippen molar-refractivity contribution in [1.82, 2.24) is 4.98 Å². The third-order valence-corrected chi connectivity index (χ3v) is 2.85. The van der Waals surface area contributed by atoms with Gasteiger partial charge in [0.15, 0.2) is 0 Å². The van der Waals surface area contributed by atoms with E-state index in [9.17, 15) is 0 Å². The van der Waals surface area contributed by atoms with Crippen LogP contribution in [0, 0.1) is 0 Å². The third-order valence-electron chi connectivity index (χ3n) is 2.85. The number of hydrogen-bond acceptors (Lipinski definition) is 2. The summed E-state index contributed by atoms with van der Waals surface area (Å²) in [4.78, 5) is 4.18. The number of pyridine rings is 1. The van der Waals surface area contributed by atoms with Gasteiger partial charge in [-0.3, -0.25) is 4.98 Å². The van der Waals surface area contributed by atoms with Gasteiger partial charge in [0.25, 0.3) is 0 Å². The van der Waals surface area contributed by atoms with Gasteiger partial charge in [0.05, 0.1) is 7.11 Å². The molecule has 0 saturated heterocycles. The van der Waals surface area contributed by atoms with E-state index >= 15 is 0 Å². The average Bonchev–Trinajstić information content (AvgIpc) is 2.38. The van der Waals surface area contributed by atoms with Crippen LogP contribution in [-0.4, -0.2) is 12.1 Å². The average molecular weight is 209 g/mol. The number of methoxy groups -OCH3 is 1. The topological polar surface area (TPSA) is 22.1 Å². The van der Waals surface area contributed by atoms with E-state index in [1.54, 1.807) is 7.11 Å². The predicted molar refractivity (Wildman–Crippen MR) is 65.8 cm³/mol. The Kier molecular flexibility index (Phi) is 2.00. The van der Waals surface area contributed by atoms with E-state index in [2.05, 4.69) is 29.2 Å². The monoisotopic (exact) mass is 209 g/mol. The molecule has 0 aliphatic carbocycles. The van der Waals surface area contributed by atoms with Gasteiger partial charge in [-0.1, -0.05) is 18.2 Å². The van der Waals surface area contributed by atoms with Crippen LogP contribution >= 0.6 is 0 Å². The molecule has 2 heteroatoms. The van der Waals surface area contributed by atoms with Crippen LogP contribution in [0.4, 0.5) is 0 Å². The Morgan fingerprint density at radius 3 is 2.50 bits per heavy atom. The Hall–Kier alpha value is -2.09. The van der Waals surface area contributed by atoms with Gasteiger partial charge in [0, 0.05) is 17.8 Å². The highest BCUT2D eigenvalue weighted by atomic mass is 16.5. The standard InChI is InChI=1S/C14H11NO/c1-16-12-5-4-10-2-3-11-6-7-15-9-14(11)13(10)8-12/h2-9H,1H3. The zero-order valence-electron chi connectivity index (χ0n) is 8.97. The van der Waals surface area contributed by atoms with Crippen molar-refractivity contribution in [3.05, 3.63) is 48.8 Å². The first-order chi connectivity index (χ1) is 7.88. The van der Waals surface area contributed by atoms with Crippen molar-refractivity contribution in [2.75, 3.05) is 7.11 Å². The number of rotatable bonds is 1. The molecule has 3 rings (SSSR count). The van der Waals surface area contributed by atoms with Gasteiger partial charge in [0.2, 0.25) is 0 Å². The van der Waals surface area contributed by atoms with Crippen LogP contribution in [0.3, 0.4) is 0 Å². The second-order valence-corrected chi connectivity index (χ2v) is 3.75. The van der Waals surface area contributed by atoms with Crippen molar-refractivity contribution in [3.8, 4) is 5.75 Å². The minimum Gasteiger partial charge on any atom is -0.497 e. The highest BCUT2D eigenvalue weighted by Crippen LogP contribution is 2.27. The number of fused-ring (bicyclic) bond motifs is 3. The Bertz CT molecular complexity index is 661. The molecular weight excluding hydrogens is 198 g/mol. The quantitative estimate of drug-likeness (QED) is 0.573. The summed E-state index contributed by atoms with van der Waals surface area (Å²) in [6.45, 7) is 0. The van der Waals surface area contributed by atoms with E-state index in [0.29, 0.717) is 0 Å².